The highest BCUT2D eigenvalue weighted by Gasteiger charge is 2.31. The van der Waals surface area contributed by atoms with Gasteiger partial charge in [-0.2, -0.15) is 13.2 Å². The Morgan fingerprint density at radius 3 is 2.18 bits per heavy atom. The molecule has 0 aliphatic heterocycles. The normalized spacial score (nSPS) is 11.1. The van der Waals surface area contributed by atoms with Gasteiger partial charge in [0.15, 0.2) is 5.11 Å². The van der Waals surface area contributed by atoms with Crippen LogP contribution in [0.15, 0.2) is 46.9 Å². The van der Waals surface area contributed by atoms with Crippen LogP contribution in [0.25, 0.3) is 0 Å². The van der Waals surface area contributed by atoms with E-state index in [0.717, 1.165) is 12.1 Å². The third-order valence-electron chi connectivity index (χ3n) is 2.65. The molecule has 0 bridgehead atoms. The van der Waals surface area contributed by atoms with Gasteiger partial charge in [0.2, 0.25) is 0 Å². The molecule has 0 saturated carbocycles. The molecular formula is C14H11BrF3N3S. The standard InChI is InChI=1S/C14H11BrF3N3S/c15-9-5-8(14(16,17)18)6-12(7-9)21-13(22)20-11-3-1-10(19)2-4-11/h1-7H,19H2,(H2,20,21,22). The van der Waals surface area contributed by atoms with Crippen LogP contribution in [-0.2, 0) is 6.18 Å². The molecule has 0 saturated heterocycles. The van der Waals surface area contributed by atoms with E-state index in [4.69, 9.17) is 18.0 Å². The first-order chi connectivity index (χ1) is 10.2. The van der Waals surface area contributed by atoms with Crippen LogP contribution >= 0.6 is 28.1 Å². The topological polar surface area (TPSA) is 50.1 Å². The predicted octanol–water partition coefficient (Wildman–Crippen LogP) is 4.86. The molecule has 0 heterocycles. The second kappa shape index (κ2) is 6.53. The Hall–Kier alpha value is -1.80. The van der Waals surface area contributed by atoms with Gasteiger partial charge in [-0.25, -0.2) is 0 Å². The Morgan fingerprint density at radius 2 is 1.59 bits per heavy atom. The maximum Gasteiger partial charge on any atom is 0.416 e. The summed E-state index contributed by atoms with van der Waals surface area (Å²) in [5.74, 6) is 0. The second-order valence-electron chi connectivity index (χ2n) is 4.43. The summed E-state index contributed by atoms with van der Waals surface area (Å²) in [6, 6.07) is 10.3. The number of benzene rings is 2. The van der Waals surface area contributed by atoms with E-state index in [9.17, 15) is 13.2 Å². The lowest BCUT2D eigenvalue weighted by Gasteiger charge is -2.13. The van der Waals surface area contributed by atoms with Gasteiger partial charge in [-0.05, 0) is 54.7 Å². The smallest absolute Gasteiger partial charge is 0.399 e. The summed E-state index contributed by atoms with van der Waals surface area (Å²) in [5, 5.41) is 5.76. The van der Waals surface area contributed by atoms with Crippen molar-refractivity contribution in [1.82, 2.24) is 0 Å². The third kappa shape index (κ3) is 4.60. The van der Waals surface area contributed by atoms with Crippen LogP contribution in [0.2, 0.25) is 0 Å². The second-order valence-corrected chi connectivity index (χ2v) is 5.75. The van der Waals surface area contributed by atoms with Crippen molar-refractivity contribution in [2.45, 2.75) is 6.18 Å². The van der Waals surface area contributed by atoms with Gasteiger partial charge >= 0.3 is 6.18 Å². The highest BCUT2D eigenvalue weighted by Crippen LogP contribution is 2.33. The SMILES string of the molecule is Nc1ccc(NC(=S)Nc2cc(Br)cc(C(F)(F)F)c2)cc1. The average molecular weight is 390 g/mol. The van der Waals surface area contributed by atoms with E-state index < -0.39 is 11.7 Å². The first kappa shape index (κ1) is 16.6. The molecule has 8 heteroatoms. The van der Waals surface area contributed by atoms with Gasteiger partial charge < -0.3 is 16.4 Å². The Balaban J connectivity index is 2.11. The van der Waals surface area contributed by atoms with Crippen molar-refractivity contribution in [3.63, 3.8) is 0 Å². The number of thiocarbonyl (C=S) groups is 1. The van der Waals surface area contributed by atoms with Gasteiger partial charge in [0.05, 0.1) is 5.56 Å². The van der Waals surface area contributed by atoms with Gasteiger partial charge in [0, 0.05) is 21.5 Å². The summed E-state index contributed by atoms with van der Waals surface area (Å²) >= 11 is 8.13. The molecule has 0 radical (unpaired) electrons. The van der Waals surface area contributed by atoms with Crippen molar-refractivity contribution >= 4 is 50.3 Å². The molecule has 2 rings (SSSR count). The van der Waals surface area contributed by atoms with E-state index in [2.05, 4.69) is 26.6 Å². The molecular weight excluding hydrogens is 379 g/mol. The van der Waals surface area contributed by atoms with Gasteiger partial charge in [0.25, 0.3) is 0 Å². The number of nitrogens with one attached hydrogen (secondary N) is 2. The van der Waals surface area contributed by atoms with Crippen LogP contribution in [0.4, 0.5) is 30.2 Å². The van der Waals surface area contributed by atoms with E-state index in [1.807, 2.05) is 0 Å². The lowest BCUT2D eigenvalue weighted by atomic mass is 10.2. The maximum atomic E-state index is 12.8. The molecule has 2 aromatic carbocycles. The van der Waals surface area contributed by atoms with Gasteiger partial charge in [-0.1, -0.05) is 15.9 Å². The van der Waals surface area contributed by atoms with Crippen molar-refractivity contribution in [3.05, 3.63) is 52.5 Å². The van der Waals surface area contributed by atoms with Crippen LogP contribution in [-0.4, -0.2) is 5.11 Å². The number of nitrogen functional groups attached to an aromatic ring is 1. The van der Waals surface area contributed by atoms with Gasteiger partial charge in [-0.15, -0.1) is 0 Å². The quantitative estimate of drug-likeness (QED) is 0.507. The number of rotatable bonds is 2. The Morgan fingerprint density at radius 1 is 1.00 bits per heavy atom. The molecule has 0 atom stereocenters. The fraction of sp³-hybridized carbons (Fsp3) is 0.0714. The molecule has 2 aromatic rings. The molecule has 0 unspecified atom stereocenters. The summed E-state index contributed by atoms with van der Waals surface area (Å²) in [4.78, 5) is 0. The fourth-order valence-corrected chi connectivity index (χ4v) is 2.41. The predicted molar refractivity (Wildman–Crippen MR) is 89.8 cm³/mol. The lowest BCUT2D eigenvalue weighted by Crippen LogP contribution is -2.19. The van der Waals surface area contributed by atoms with E-state index in [1.165, 1.54) is 6.07 Å². The summed E-state index contributed by atoms with van der Waals surface area (Å²) in [5.41, 5.74) is 6.32. The largest absolute Gasteiger partial charge is 0.416 e. The minimum Gasteiger partial charge on any atom is -0.399 e. The van der Waals surface area contributed by atoms with Crippen LogP contribution < -0.4 is 16.4 Å². The van der Waals surface area contributed by atoms with Crippen molar-refractivity contribution in [1.29, 1.82) is 0 Å². The zero-order valence-electron chi connectivity index (χ0n) is 11.0. The first-order valence-electron chi connectivity index (χ1n) is 6.05. The number of hydrogen-bond acceptors (Lipinski definition) is 2. The number of hydrogen-bond donors (Lipinski definition) is 3. The Labute approximate surface area is 138 Å². The molecule has 116 valence electrons. The highest BCUT2D eigenvalue weighted by atomic mass is 79.9. The van der Waals surface area contributed by atoms with Crippen molar-refractivity contribution < 1.29 is 13.2 Å². The Bertz CT molecular complexity index is 687. The molecule has 22 heavy (non-hydrogen) atoms. The minimum atomic E-state index is -4.42. The lowest BCUT2D eigenvalue weighted by molar-refractivity contribution is -0.137. The molecule has 0 aliphatic carbocycles. The van der Waals surface area contributed by atoms with Crippen molar-refractivity contribution in [2.24, 2.45) is 0 Å². The maximum absolute atomic E-state index is 12.8. The van der Waals surface area contributed by atoms with E-state index in [1.54, 1.807) is 24.3 Å². The zero-order valence-corrected chi connectivity index (χ0v) is 13.4. The van der Waals surface area contributed by atoms with E-state index in [-0.39, 0.29) is 10.8 Å². The Kier molecular flexibility index (Phi) is 4.92. The van der Waals surface area contributed by atoms with Crippen molar-refractivity contribution in [2.75, 3.05) is 16.4 Å². The highest BCUT2D eigenvalue weighted by molar-refractivity contribution is 9.10. The van der Waals surface area contributed by atoms with Crippen LogP contribution in [0.1, 0.15) is 5.56 Å². The fourth-order valence-electron chi connectivity index (χ4n) is 1.69. The van der Waals surface area contributed by atoms with E-state index >= 15 is 0 Å². The van der Waals surface area contributed by atoms with Gasteiger partial charge in [0.1, 0.15) is 0 Å². The summed E-state index contributed by atoms with van der Waals surface area (Å²) < 4.78 is 38.6. The van der Waals surface area contributed by atoms with Crippen LogP contribution in [0.5, 0.6) is 0 Å². The summed E-state index contributed by atoms with van der Waals surface area (Å²) in [7, 11) is 0. The monoisotopic (exact) mass is 389 g/mol. The number of anilines is 3. The molecule has 0 fully saturated rings. The summed E-state index contributed by atoms with van der Waals surface area (Å²) in [6.45, 7) is 0. The minimum absolute atomic E-state index is 0.177. The first-order valence-corrected chi connectivity index (χ1v) is 7.25. The zero-order chi connectivity index (χ0) is 16.3. The molecule has 0 amide bonds. The molecule has 0 spiro atoms. The third-order valence-corrected chi connectivity index (χ3v) is 3.31. The molecule has 0 aliphatic rings. The summed E-state index contributed by atoms with van der Waals surface area (Å²) in [6.07, 6.45) is -4.42. The average Bonchev–Trinajstić information content (AvgIpc) is 2.39. The molecule has 3 nitrogen and oxygen atoms in total. The van der Waals surface area contributed by atoms with Crippen LogP contribution in [0, 0.1) is 0 Å². The van der Waals surface area contributed by atoms with Crippen molar-refractivity contribution in [3.8, 4) is 0 Å². The number of nitrogens with two attached hydrogens (primary N) is 1. The number of halogens is 4. The molecule has 4 N–H and O–H groups in total. The molecule has 0 aromatic heterocycles. The number of alkyl halides is 3. The van der Waals surface area contributed by atoms with E-state index in [0.29, 0.717) is 15.8 Å². The van der Waals surface area contributed by atoms with Crippen LogP contribution in [0.3, 0.4) is 0 Å². The van der Waals surface area contributed by atoms with Gasteiger partial charge in [-0.3, -0.25) is 0 Å².